The smallest absolute Gasteiger partial charge is 0.286 e. The molecule has 138 valence electrons. The molecule has 2 aromatic rings. The van der Waals surface area contributed by atoms with E-state index in [4.69, 9.17) is 11.6 Å². The van der Waals surface area contributed by atoms with Crippen LogP contribution in [0, 0.1) is 0 Å². The van der Waals surface area contributed by atoms with Gasteiger partial charge in [0, 0.05) is 36.8 Å². The number of amidine groups is 1. The van der Waals surface area contributed by atoms with Gasteiger partial charge in [-0.2, -0.15) is 4.99 Å². The van der Waals surface area contributed by atoms with Crippen molar-refractivity contribution in [2.24, 2.45) is 4.99 Å². The Morgan fingerprint density at radius 2 is 1.78 bits per heavy atom. The van der Waals surface area contributed by atoms with Crippen LogP contribution in [-0.2, 0) is 4.79 Å². The third-order valence-corrected chi connectivity index (χ3v) is 6.23. The first-order valence-corrected chi connectivity index (χ1v) is 10.5. The van der Waals surface area contributed by atoms with Crippen LogP contribution in [0.2, 0.25) is 5.02 Å². The minimum atomic E-state index is -0.173. The van der Waals surface area contributed by atoms with Crippen LogP contribution in [0.15, 0.2) is 57.0 Å². The van der Waals surface area contributed by atoms with E-state index >= 15 is 0 Å². The van der Waals surface area contributed by atoms with E-state index < -0.39 is 0 Å². The van der Waals surface area contributed by atoms with Gasteiger partial charge in [-0.25, -0.2) is 4.98 Å². The van der Waals surface area contributed by atoms with Crippen LogP contribution in [0.5, 0.6) is 0 Å². The molecule has 0 unspecified atom stereocenters. The molecule has 4 rings (SSSR count). The lowest BCUT2D eigenvalue weighted by Crippen LogP contribution is -2.48. The van der Waals surface area contributed by atoms with Gasteiger partial charge in [0.1, 0.15) is 5.82 Å². The zero-order valence-corrected chi connectivity index (χ0v) is 17.5. The largest absolute Gasteiger partial charge is 0.352 e. The van der Waals surface area contributed by atoms with Crippen LogP contribution in [0.3, 0.4) is 0 Å². The number of amides is 1. The van der Waals surface area contributed by atoms with Gasteiger partial charge in [-0.1, -0.05) is 39.7 Å². The van der Waals surface area contributed by atoms with Gasteiger partial charge in [0.25, 0.3) is 5.91 Å². The summed E-state index contributed by atoms with van der Waals surface area (Å²) in [4.78, 5) is 25.9. The molecule has 1 amide bonds. The SMILES string of the molecule is O=C1N=C(N2CCN(c3ncccc3Cl)CC2)SC1=Cc1ccc(Br)cc1. The maximum atomic E-state index is 12.3. The summed E-state index contributed by atoms with van der Waals surface area (Å²) in [5, 5.41) is 1.43. The van der Waals surface area contributed by atoms with Crippen molar-refractivity contribution in [1.29, 1.82) is 0 Å². The first-order valence-electron chi connectivity index (χ1n) is 8.49. The number of hydrogen-bond acceptors (Lipinski definition) is 5. The summed E-state index contributed by atoms with van der Waals surface area (Å²) in [6, 6.07) is 11.5. The Bertz CT molecular complexity index is 924. The summed E-state index contributed by atoms with van der Waals surface area (Å²) in [5.41, 5.74) is 0.986. The fraction of sp³-hybridized carbons (Fsp3) is 0.211. The number of carbonyl (C=O) groups is 1. The van der Waals surface area contributed by atoms with Crippen LogP contribution in [-0.4, -0.2) is 47.1 Å². The molecule has 1 saturated heterocycles. The van der Waals surface area contributed by atoms with Gasteiger partial charge in [0.15, 0.2) is 5.17 Å². The predicted molar refractivity (Wildman–Crippen MR) is 115 cm³/mol. The van der Waals surface area contributed by atoms with Gasteiger partial charge in [0.2, 0.25) is 0 Å². The highest BCUT2D eigenvalue weighted by atomic mass is 79.9. The molecule has 1 aromatic carbocycles. The highest BCUT2D eigenvalue weighted by Crippen LogP contribution is 2.31. The summed E-state index contributed by atoms with van der Waals surface area (Å²) < 4.78 is 1.01. The Hall–Kier alpha value is -1.83. The number of halogens is 2. The molecule has 0 atom stereocenters. The summed E-state index contributed by atoms with van der Waals surface area (Å²) in [6.45, 7) is 3.13. The molecular weight excluding hydrogens is 448 g/mol. The van der Waals surface area contributed by atoms with Gasteiger partial charge in [-0.15, -0.1) is 0 Å². The molecule has 1 aromatic heterocycles. The lowest BCUT2D eigenvalue weighted by molar-refractivity contribution is -0.113. The van der Waals surface area contributed by atoms with Gasteiger partial charge >= 0.3 is 0 Å². The summed E-state index contributed by atoms with van der Waals surface area (Å²) in [7, 11) is 0. The normalized spacial score (nSPS) is 19.0. The number of aliphatic imine (C=N–C) groups is 1. The van der Waals surface area contributed by atoms with Crippen molar-refractivity contribution in [2.75, 3.05) is 31.1 Å². The maximum absolute atomic E-state index is 12.3. The Labute approximate surface area is 175 Å². The molecular formula is C19H16BrClN4OS. The van der Waals surface area contributed by atoms with Crippen molar-refractivity contribution in [1.82, 2.24) is 9.88 Å². The fourth-order valence-electron chi connectivity index (χ4n) is 2.96. The molecule has 0 N–H and O–H groups in total. The fourth-order valence-corrected chi connectivity index (χ4v) is 4.43. The van der Waals surface area contributed by atoms with E-state index in [1.54, 1.807) is 6.20 Å². The molecule has 0 aliphatic carbocycles. The average molecular weight is 464 g/mol. The number of benzene rings is 1. The second-order valence-corrected chi connectivity index (χ2v) is 8.48. The number of hydrogen-bond donors (Lipinski definition) is 0. The Morgan fingerprint density at radius 1 is 1.07 bits per heavy atom. The molecule has 0 spiro atoms. The molecule has 0 bridgehead atoms. The Morgan fingerprint density at radius 3 is 2.48 bits per heavy atom. The van der Waals surface area contributed by atoms with E-state index in [1.807, 2.05) is 42.5 Å². The van der Waals surface area contributed by atoms with Gasteiger partial charge < -0.3 is 9.80 Å². The minimum Gasteiger partial charge on any atom is -0.352 e. The van der Waals surface area contributed by atoms with E-state index in [-0.39, 0.29) is 5.91 Å². The van der Waals surface area contributed by atoms with Crippen molar-refractivity contribution in [3.05, 3.63) is 62.6 Å². The molecule has 1 fully saturated rings. The van der Waals surface area contributed by atoms with E-state index in [0.717, 1.165) is 47.2 Å². The molecule has 2 aliphatic heterocycles. The number of carbonyl (C=O) groups excluding carboxylic acids is 1. The summed E-state index contributed by atoms with van der Waals surface area (Å²) in [5.74, 6) is 0.639. The zero-order chi connectivity index (χ0) is 18.8. The molecule has 8 heteroatoms. The van der Waals surface area contributed by atoms with Crippen molar-refractivity contribution in [3.8, 4) is 0 Å². The second kappa shape index (κ2) is 8.04. The number of thioether (sulfide) groups is 1. The van der Waals surface area contributed by atoms with Crippen molar-refractivity contribution in [2.45, 2.75) is 0 Å². The Balaban J connectivity index is 1.41. The van der Waals surface area contributed by atoms with Gasteiger partial charge in [-0.3, -0.25) is 4.79 Å². The van der Waals surface area contributed by atoms with E-state index in [9.17, 15) is 4.79 Å². The van der Waals surface area contributed by atoms with Crippen molar-refractivity contribution >= 4 is 62.3 Å². The van der Waals surface area contributed by atoms with Crippen LogP contribution in [0.25, 0.3) is 6.08 Å². The van der Waals surface area contributed by atoms with Gasteiger partial charge in [0.05, 0.1) is 9.93 Å². The number of anilines is 1. The highest BCUT2D eigenvalue weighted by molar-refractivity contribution is 9.10. The lowest BCUT2D eigenvalue weighted by Gasteiger charge is -2.36. The quantitative estimate of drug-likeness (QED) is 0.622. The van der Waals surface area contributed by atoms with Crippen LogP contribution in [0.1, 0.15) is 5.56 Å². The van der Waals surface area contributed by atoms with Crippen LogP contribution in [0.4, 0.5) is 5.82 Å². The first kappa shape index (κ1) is 18.5. The molecule has 27 heavy (non-hydrogen) atoms. The molecule has 2 aliphatic rings. The standard InChI is InChI=1S/C19H16BrClN4OS/c20-14-5-3-13(4-6-14)12-16-18(26)23-19(27-16)25-10-8-24(9-11-25)17-15(21)2-1-7-22-17/h1-7,12H,8-11H2. The summed E-state index contributed by atoms with van der Waals surface area (Å²) in [6.07, 6.45) is 3.64. The van der Waals surface area contributed by atoms with Gasteiger partial charge in [-0.05, 0) is 47.7 Å². The molecule has 3 heterocycles. The highest BCUT2D eigenvalue weighted by Gasteiger charge is 2.29. The number of piperazine rings is 1. The van der Waals surface area contributed by atoms with Crippen molar-refractivity contribution < 1.29 is 4.79 Å². The number of nitrogens with zero attached hydrogens (tertiary/aromatic N) is 4. The molecule has 0 radical (unpaired) electrons. The monoisotopic (exact) mass is 462 g/mol. The predicted octanol–water partition coefficient (Wildman–Crippen LogP) is 4.29. The lowest BCUT2D eigenvalue weighted by atomic mass is 10.2. The number of aromatic nitrogens is 1. The molecule has 5 nitrogen and oxygen atoms in total. The van der Waals surface area contributed by atoms with Crippen LogP contribution >= 0.6 is 39.3 Å². The Kier molecular flexibility index (Phi) is 5.52. The van der Waals surface area contributed by atoms with Crippen LogP contribution < -0.4 is 4.90 Å². The van der Waals surface area contributed by atoms with E-state index in [2.05, 4.69) is 35.7 Å². The third-order valence-electron chi connectivity index (χ3n) is 4.37. The summed E-state index contributed by atoms with van der Waals surface area (Å²) >= 11 is 11.1. The minimum absolute atomic E-state index is 0.173. The number of pyridine rings is 1. The topological polar surface area (TPSA) is 48.8 Å². The van der Waals surface area contributed by atoms with Crippen molar-refractivity contribution in [3.63, 3.8) is 0 Å². The first-order chi connectivity index (χ1) is 13.1. The zero-order valence-electron chi connectivity index (χ0n) is 14.3. The van der Waals surface area contributed by atoms with E-state index in [1.165, 1.54) is 11.8 Å². The van der Waals surface area contributed by atoms with E-state index in [0.29, 0.717) is 9.93 Å². The average Bonchev–Trinajstić information content (AvgIpc) is 3.05. The second-order valence-electron chi connectivity index (χ2n) is 6.14. The maximum Gasteiger partial charge on any atom is 0.286 e. The number of rotatable bonds is 2. The third kappa shape index (κ3) is 4.20. The molecule has 0 saturated carbocycles.